The van der Waals surface area contributed by atoms with E-state index in [4.69, 9.17) is 4.98 Å². The van der Waals surface area contributed by atoms with Crippen molar-refractivity contribution >= 4 is 26.6 Å². The number of fused-ring (bicyclic) bond motifs is 1. The summed E-state index contributed by atoms with van der Waals surface area (Å²) in [5.41, 5.74) is 3.17. The van der Waals surface area contributed by atoms with E-state index in [1.165, 1.54) is 12.8 Å². The predicted octanol–water partition coefficient (Wildman–Crippen LogP) is 5.12. The lowest BCUT2D eigenvalue weighted by molar-refractivity contribution is 0.391. The number of sulfone groups is 1. The maximum absolute atomic E-state index is 13.3. The van der Waals surface area contributed by atoms with E-state index in [-0.39, 0.29) is 17.1 Å². The first kappa shape index (κ1) is 23.3. The molecule has 34 heavy (non-hydrogen) atoms. The van der Waals surface area contributed by atoms with Crippen LogP contribution in [0, 0.1) is 17.3 Å². The number of nitrogens with zero attached hydrogens (tertiary/aromatic N) is 4. The lowest BCUT2D eigenvalue weighted by Gasteiger charge is -2.33. The molecule has 1 aliphatic carbocycles. The first-order chi connectivity index (χ1) is 16.2. The molecule has 2 aromatic heterocycles. The van der Waals surface area contributed by atoms with Crippen molar-refractivity contribution < 1.29 is 8.42 Å². The van der Waals surface area contributed by atoms with Crippen molar-refractivity contribution in [2.24, 2.45) is 17.3 Å². The van der Waals surface area contributed by atoms with Gasteiger partial charge >= 0.3 is 0 Å². The van der Waals surface area contributed by atoms with Crippen LogP contribution in [0.5, 0.6) is 0 Å². The van der Waals surface area contributed by atoms with E-state index in [0.717, 1.165) is 67.4 Å². The molecule has 0 radical (unpaired) electrons. The van der Waals surface area contributed by atoms with E-state index < -0.39 is 9.84 Å². The zero-order chi connectivity index (χ0) is 23.9. The summed E-state index contributed by atoms with van der Waals surface area (Å²) in [4.78, 5) is 11.7. The Balaban J connectivity index is 1.33. The van der Waals surface area contributed by atoms with Gasteiger partial charge in [-0.3, -0.25) is 4.98 Å². The maximum atomic E-state index is 13.3. The highest BCUT2D eigenvalue weighted by Gasteiger charge is 2.28. The normalized spacial score (nSPS) is 18.0. The van der Waals surface area contributed by atoms with Crippen molar-refractivity contribution in [1.82, 2.24) is 14.5 Å². The SMILES string of the molecule is CC(C)(C)Cc1nc2cc(S(=O)(=O)CC3CCN(c4ccncc4)CC3)ccc2n1CC1CC1. The summed E-state index contributed by atoms with van der Waals surface area (Å²) < 4.78 is 29.0. The lowest BCUT2D eigenvalue weighted by atomic mass is 9.92. The van der Waals surface area contributed by atoms with Crippen LogP contribution in [0.2, 0.25) is 0 Å². The Morgan fingerprint density at radius 3 is 2.32 bits per heavy atom. The van der Waals surface area contributed by atoms with Crippen LogP contribution in [-0.2, 0) is 22.8 Å². The number of piperidine rings is 1. The molecular formula is C27H36N4O2S. The summed E-state index contributed by atoms with van der Waals surface area (Å²) in [6, 6.07) is 9.63. The number of rotatable bonds is 7. The number of hydrogen-bond donors (Lipinski definition) is 0. The van der Waals surface area contributed by atoms with Crippen molar-refractivity contribution in [3.8, 4) is 0 Å². The van der Waals surface area contributed by atoms with Gasteiger partial charge in [0.05, 0.1) is 21.7 Å². The summed E-state index contributed by atoms with van der Waals surface area (Å²) in [6.07, 6.45) is 8.82. The molecule has 3 heterocycles. The molecule has 3 aromatic rings. The molecule has 2 fully saturated rings. The van der Waals surface area contributed by atoms with Crippen LogP contribution in [0.3, 0.4) is 0 Å². The Kier molecular flexibility index (Phi) is 6.17. The van der Waals surface area contributed by atoms with Crippen LogP contribution in [-0.4, -0.2) is 41.8 Å². The molecule has 0 spiro atoms. The third-order valence-electron chi connectivity index (χ3n) is 7.08. The van der Waals surface area contributed by atoms with Crippen LogP contribution >= 0.6 is 0 Å². The van der Waals surface area contributed by atoms with Gasteiger partial charge in [-0.05, 0) is 73.3 Å². The number of imidazole rings is 1. The second-order valence-electron chi connectivity index (χ2n) is 11.4. The predicted molar refractivity (Wildman–Crippen MR) is 137 cm³/mol. The molecule has 1 aromatic carbocycles. The molecule has 7 heteroatoms. The van der Waals surface area contributed by atoms with E-state index >= 15 is 0 Å². The monoisotopic (exact) mass is 480 g/mol. The second kappa shape index (κ2) is 8.99. The summed E-state index contributed by atoms with van der Waals surface area (Å²) in [5.74, 6) is 2.20. The highest BCUT2D eigenvalue weighted by molar-refractivity contribution is 7.91. The number of pyridine rings is 1. The number of aromatic nitrogens is 3. The van der Waals surface area contributed by atoms with E-state index in [9.17, 15) is 8.42 Å². The molecule has 0 unspecified atom stereocenters. The van der Waals surface area contributed by atoms with Crippen molar-refractivity contribution in [2.75, 3.05) is 23.7 Å². The largest absolute Gasteiger partial charge is 0.371 e. The van der Waals surface area contributed by atoms with Gasteiger partial charge < -0.3 is 9.47 Å². The van der Waals surface area contributed by atoms with Crippen LogP contribution in [0.4, 0.5) is 5.69 Å². The molecule has 1 saturated heterocycles. The van der Waals surface area contributed by atoms with Crippen molar-refractivity contribution in [3.05, 3.63) is 48.5 Å². The third kappa shape index (κ3) is 5.29. The average molecular weight is 481 g/mol. The highest BCUT2D eigenvalue weighted by Crippen LogP contribution is 2.34. The van der Waals surface area contributed by atoms with Gasteiger partial charge in [0, 0.05) is 44.1 Å². The molecule has 6 nitrogen and oxygen atoms in total. The smallest absolute Gasteiger partial charge is 0.178 e. The highest BCUT2D eigenvalue weighted by atomic mass is 32.2. The van der Waals surface area contributed by atoms with Gasteiger partial charge in [-0.25, -0.2) is 13.4 Å². The van der Waals surface area contributed by atoms with Gasteiger partial charge in [-0.1, -0.05) is 20.8 Å². The summed E-state index contributed by atoms with van der Waals surface area (Å²) >= 11 is 0. The van der Waals surface area contributed by atoms with Gasteiger partial charge in [0.15, 0.2) is 9.84 Å². The van der Waals surface area contributed by atoms with Crippen molar-refractivity contribution in [3.63, 3.8) is 0 Å². The van der Waals surface area contributed by atoms with E-state index in [1.54, 1.807) is 18.5 Å². The van der Waals surface area contributed by atoms with Crippen LogP contribution in [0.25, 0.3) is 11.0 Å². The first-order valence-electron chi connectivity index (χ1n) is 12.5. The fourth-order valence-electron chi connectivity index (χ4n) is 5.04. The molecule has 0 atom stereocenters. The molecule has 2 aliphatic rings. The lowest BCUT2D eigenvalue weighted by Crippen LogP contribution is -2.35. The molecule has 1 aliphatic heterocycles. The number of hydrogen-bond acceptors (Lipinski definition) is 5. The van der Waals surface area contributed by atoms with Gasteiger partial charge in [-0.15, -0.1) is 0 Å². The van der Waals surface area contributed by atoms with Crippen molar-refractivity contribution in [2.45, 2.75) is 64.3 Å². The fourth-order valence-corrected chi connectivity index (χ4v) is 6.76. The zero-order valence-corrected chi connectivity index (χ0v) is 21.4. The third-order valence-corrected chi connectivity index (χ3v) is 8.96. The Labute approximate surface area is 203 Å². The molecular weight excluding hydrogens is 444 g/mol. The Bertz CT molecular complexity index is 1250. The van der Waals surface area contributed by atoms with Crippen LogP contribution < -0.4 is 4.90 Å². The average Bonchev–Trinajstić information content (AvgIpc) is 3.55. The summed E-state index contributed by atoms with van der Waals surface area (Å²) in [6.45, 7) is 9.43. The minimum Gasteiger partial charge on any atom is -0.371 e. The Morgan fingerprint density at radius 2 is 1.68 bits per heavy atom. The Hall–Kier alpha value is -2.41. The van der Waals surface area contributed by atoms with E-state index in [1.807, 2.05) is 24.3 Å². The van der Waals surface area contributed by atoms with Gasteiger partial charge in [0.2, 0.25) is 0 Å². The molecule has 0 bridgehead atoms. The molecule has 182 valence electrons. The molecule has 0 N–H and O–H groups in total. The molecule has 0 amide bonds. The number of anilines is 1. The zero-order valence-electron chi connectivity index (χ0n) is 20.6. The minimum absolute atomic E-state index is 0.128. The van der Waals surface area contributed by atoms with Gasteiger partial charge in [-0.2, -0.15) is 0 Å². The molecule has 5 rings (SSSR count). The van der Waals surface area contributed by atoms with Gasteiger partial charge in [0.25, 0.3) is 0 Å². The maximum Gasteiger partial charge on any atom is 0.178 e. The van der Waals surface area contributed by atoms with Gasteiger partial charge in [0.1, 0.15) is 5.82 Å². The minimum atomic E-state index is -3.36. The summed E-state index contributed by atoms with van der Waals surface area (Å²) in [5, 5.41) is 0. The summed E-state index contributed by atoms with van der Waals surface area (Å²) in [7, 11) is -3.36. The first-order valence-corrected chi connectivity index (χ1v) is 14.2. The van der Waals surface area contributed by atoms with Crippen molar-refractivity contribution in [1.29, 1.82) is 0 Å². The molecule has 1 saturated carbocycles. The standard InChI is InChI=1S/C27H36N4O2S/c1-27(2,3)17-26-29-24-16-23(6-7-25(24)31(26)18-20-4-5-20)34(32,33)19-21-10-14-30(15-11-21)22-8-12-28-13-9-22/h6-9,12-13,16,20-21H,4-5,10-11,14-15,17-19H2,1-3H3. The second-order valence-corrected chi connectivity index (χ2v) is 13.4. The van der Waals surface area contributed by atoms with E-state index in [0.29, 0.717) is 4.90 Å². The quantitative estimate of drug-likeness (QED) is 0.469. The van der Waals surface area contributed by atoms with Crippen LogP contribution in [0.15, 0.2) is 47.6 Å². The Morgan fingerprint density at radius 1 is 0.971 bits per heavy atom. The van der Waals surface area contributed by atoms with Crippen LogP contribution in [0.1, 0.15) is 52.3 Å². The topological polar surface area (TPSA) is 68.1 Å². The van der Waals surface area contributed by atoms with E-state index in [2.05, 4.69) is 35.2 Å². The fraction of sp³-hybridized carbons (Fsp3) is 0.556. The number of benzene rings is 1.